The predicted molar refractivity (Wildman–Crippen MR) is 158 cm³/mol. The van der Waals surface area contributed by atoms with Crippen LogP contribution < -0.4 is 20.1 Å². The molecule has 5 rings (SSSR count). The van der Waals surface area contributed by atoms with Crippen molar-refractivity contribution in [3.8, 4) is 11.5 Å². The number of nitrogens with zero attached hydrogens (tertiary/aromatic N) is 2. The molecule has 1 aliphatic heterocycles. The third-order valence-corrected chi connectivity index (χ3v) is 7.80. The van der Waals surface area contributed by atoms with E-state index in [1.165, 1.54) is 34.2 Å². The van der Waals surface area contributed by atoms with Crippen LogP contribution >= 0.6 is 11.3 Å². The quantitative estimate of drug-likeness (QED) is 0.280. The lowest BCUT2D eigenvalue weighted by Gasteiger charge is -2.29. The van der Waals surface area contributed by atoms with Gasteiger partial charge in [-0.25, -0.2) is 0 Å². The molecule has 2 N–H and O–H groups in total. The molecule has 0 saturated carbocycles. The normalized spacial score (nSPS) is 12.9. The number of methoxy groups -OCH3 is 2. The van der Waals surface area contributed by atoms with Crippen molar-refractivity contribution in [2.75, 3.05) is 37.9 Å². The van der Waals surface area contributed by atoms with Crippen molar-refractivity contribution in [2.45, 2.75) is 26.3 Å². The van der Waals surface area contributed by atoms with Gasteiger partial charge in [-0.1, -0.05) is 12.1 Å². The van der Waals surface area contributed by atoms with E-state index in [4.69, 9.17) is 9.47 Å². The Kier molecular flexibility index (Phi) is 8.42. The van der Waals surface area contributed by atoms with Crippen molar-refractivity contribution in [1.82, 2.24) is 9.88 Å². The fourth-order valence-corrected chi connectivity index (χ4v) is 5.50. The summed E-state index contributed by atoms with van der Waals surface area (Å²) in [6, 6.07) is 15.6. The zero-order chi connectivity index (χ0) is 28.1. The van der Waals surface area contributed by atoms with E-state index in [-0.39, 0.29) is 11.8 Å². The van der Waals surface area contributed by atoms with Crippen molar-refractivity contribution < 1.29 is 19.1 Å². The molecule has 0 bridgehead atoms. The van der Waals surface area contributed by atoms with Gasteiger partial charge in [0.25, 0.3) is 11.8 Å². The standard InChI is InChI=1S/C31H32N4O4S/c1-20-4-7-23(16-32-20)30(36)34-27-19-40-18-26(27)31(37)33-25-8-5-21(6-9-25)10-12-35-13-11-22-14-28(38-2)29(39-3)15-24(22)17-35/h4-9,14-16,18-19H,10-13,17H2,1-3H3,(H,33,37)(H,34,36). The number of ether oxygens (including phenoxy) is 2. The van der Waals surface area contributed by atoms with Crippen LogP contribution in [0, 0.1) is 6.92 Å². The average Bonchev–Trinajstić information content (AvgIpc) is 3.44. The zero-order valence-corrected chi connectivity index (χ0v) is 23.6. The molecule has 2 aromatic heterocycles. The second-order valence-electron chi connectivity index (χ2n) is 9.74. The summed E-state index contributed by atoms with van der Waals surface area (Å²) in [5, 5.41) is 9.25. The molecule has 4 aromatic rings. The molecule has 0 fully saturated rings. The molecule has 0 unspecified atom stereocenters. The number of rotatable bonds is 9. The Labute approximate surface area is 238 Å². The summed E-state index contributed by atoms with van der Waals surface area (Å²) < 4.78 is 10.9. The Bertz CT molecular complexity index is 1500. The highest BCUT2D eigenvalue weighted by molar-refractivity contribution is 7.08. The summed E-state index contributed by atoms with van der Waals surface area (Å²) in [4.78, 5) is 32.2. The minimum Gasteiger partial charge on any atom is -0.493 e. The Morgan fingerprint density at radius 1 is 0.950 bits per heavy atom. The second kappa shape index (κ2) is 12.3. The lowest BCUT2D eigenvalue weighted by atomic mass is 9.98. The van der Waals surface area contributed by atoms with Crippen LogP contribution in [0.15, 0.2) is 65.5 Å². The van der Waals surface area contributed by atoms with Crippen molar-refractivity contribution in [3.05, 3.63) is 99.0 Å². The first-order valence-corrected chi connectivity index (χ1v) is 14.0. The van der Waals surface area contributed by atoms with Gasteiger partial charge in [-0.05, 0) is 72.9 Å². The molecular formula is C31H32N4O4S. The number of carbonyl (C=O) groups is 2. The topological polar surface area (TPSA) is 92.8 Å². The SMILES string of the molecule is COc1cc2c(cc1OC)CN(CCc1ccc(NC(=O)c3cscc3NC(=O)c3ccc(C)nc3)cc1)CC2. The largest absolute Gasteiger partial charge is 0.493 e. The maximum atomic E-state index is 13.0. The molecule has 2 amide bonds. The van der Waals surface area contributed by atoms with Crippen molar-refractivity contribution >= 4 is 34.5 Å². The number of anilines is 2. The number of hydrogen-bond acceptors (Lipinski definition) is 7. The van der Waals surface area contributed by atoms with E-state index in [0.29, 0.717) is 22.5 Å². The van der Waals surface area contributed by atoms with Gasteiger partial charge in [-0.2, -0.15) is 0 Å². The molecule has 1 aliphatic rings. The fraction of sp³-hybridized carbons (Fsp3) is 0.258. The van der Waals surface area contributed by atoms with Crippen LogP contribution in [0.25, 0.3) is 0 Å². The van der Waals surface area contributed by atoms with Crippen LogP contribution in [-0.2, 0) is 19.4 Å². The van der Waals surface area contributed by atoms with Crippen LogP contribution in [0.5, 0.6) is 11.5 Å². The molecule has 0 radical (unpaired) electrons. The fourth-order valence-electron chi connectivity index (χ4n) is 4.74. The first-order chi connectivity index (χ1) is 19.4. The van der Waals surface area contributed by atoms with E-state index in [2.05, 4.69) is 32.7 Å². The average molecular weight is 557 g/mol. The van der Waals surface area contributed by atoms with E-state index in [0.717, 1.165) is 49.7 Å². The number of thiophene rings is 1. The second-order valence-corrected chi connectivity index (χ2v) is 10.5. The van der Waals surface area contributed by atoms with Crippen LogP contribution in [0.1, 0.15) is 43.1 Å². The number of hydrogen-bond donors (Lipinski definition) is 2. The summed E-state index contributed by atoms with van der Waals surface area (Å²) in [7, 11) is 3.33. The maximum Gasteiger partial charge on any atom is 0.258 e. The highest BCUT2D eigenvalue weighted by Gasteiger charge is 2.20. The number of amides is 2. The lowest BCUT2D eigenvalue weighted by molar-refractivity contribution is 0.102. The molecule has 3 heterocycles. The van der Waals surface area contributed by atoms with Gasteiger partial charge in [0.2, 0.25) is 0 Å². The molecule has 0 atom stereocenters. The number of aromatic nitrogens is 1. The lowest BCUT2D eigenvalue weighted by Crippen LogP contribution is -2.32. The number of nitrogens with one attached hydrogen (secondary N) is 2. The first-order valence-electron chi connectivity index (χ1n) is 13.1. The molecule has 40 heavy (non-hydrogen) atoms. The predicted octanol–water partition coefficient (Wildman–Crippen LogP) is 5.57. The molecule has 206 valence electrons. The Balaban J connectivity index is 1.15. The molecular weight excluding hydrogens is 524 g/mol. The van der Waals surface area contributed by atoms with E-state index in [9.17, 15) is 9.59 Å². The molecule has 0 saturated heterocycles. The van der Waals surface area contributed by atoms with Gasteiger partial charge in [0, 0.05) is 48.0 Å². The molecule has 2 aromatic carbocycles. The van der Waals surface area contributed by atoms with Crippen molar-refractivity contribution in [1.29, 1.82) is 0 Å². The van der Waals surface area contributed by atoms with Gasteiger partial charge >= 0.3 is 0 Å². The van der Waals surface area contributed by atoms with E-state index in [1.54, 1.807) is 37.1 Å². The molecule has 9 heteroatoms. The van der Waals surface area contributed by atoms with Gasteiger partial charge in [0.05, 0.1) is 31.0 Å². The summed E-state index contributed by atoms with van der Waals surface area (Å²) in [5.74, 6) is 0.966. The van der Waals surface area contributed by atoms with Crippen molar-refractivity contribution in [3.63, 3.8) is 0 Å². The summed E-state index contributed by atoms with van der Waals surface area (Å²) >= 11 is 1.36. The van der Waals surface area contributed by atoms with Gasteiger partial charge in [-0.3, -0.25) is 19.5 Å². The Morgan fingerprint density at radius 3 is 2.40 bits per heavy atom. The Morgan fingerprint density at radius 2 is 1.70 bits per heavy atom. The summed E-state index contributed by atoms with van der Waals surface area (Å²) in [6.07, 6.45) is 3.41. The minimum absolute atomic E-state index is 0.273. The number of carbonyl (C=O) groups excluding carboxylic acids is 2. The third-order valence-electron chi connectivity index (χ3n) is 7.05. The number of benzene rings is 2. The zero-order valence-electron chi connectivity index (χ0n) is 22.8. The number of pyridine rings is 1. The first kappa shape index (κ1) is 27.4. The van der Waals surface area contributed by atoms with Gasteiger partial charge in [0.1, 0.15) is 0 Å². The van der Waals surface area contributed by atoms with E-state index in [1.807, 2.05) is 31.2 Å². The molecule has 8 nitrogen and oxygen atoms in total. The third kappa shape index (κ3) is 6.32. The van der Waals surface area contributed by atoms with E-state index < -0.39 is 0 Å². The van der Waals surface area contributed by atoms with Gasteiger partial charge in [-0.15, -0.1) is 11.3 Å². The minimum atomic E-state index is -0.305. The van der Waals surface area contributed by atoms with Crippen molar-refractivity contribution in [2.24, 2.45) is 0 Å². The van der Waals surface area contributed by atoms with E-state index >= 15 is 0 Å². The highest BCUT2D eigenvalue weighted by atomic mass is 32.1. The molecule has 0 aliphatic carbocycles. The molecule has 0 spiro atoms. The highest BCUT2D eigenvalue weighted by Crippen LogP contribution is 2.33. The van der Waals surface area contributed by atoms with Crippen LogP contribution in [0.4, 0.5) is 11.4 Å². The smallest absolute Gasteiger partial charge is 0.258 e. The number of aryl methyl sites for hydroxylation is 1. The van der Waals surface area contributed by atoms with Gasteiger partial charge < -0.3 is 20.1 Å². The monoisotopic (exact) mass is 556 g/mol. The van der Waals surface area contributed by atoms with Gasteiger partial charge in [0.15, 0.2) is 11.5 Å². The van der Waals surface area contributed by atoms with Crippen LogP contribution in [-0.4, -0.2) is 49.0 Å². The maximum absolute atomic E-state index is 13.0. The Hall–Kier alpha value is -4.21. The summed E-state index contributed by atoms with van der Waals surface area (Å²) in [5.41, 5.74) is 6.66. The number of fused-ring (bicyclic) bond motifs is 1. The summed E-state index contributed by atoms with van der Waals surface area (Å²) in [6.45, 7) is 4.67. The van der Waals surface area contributed by atoms with Crippen LogP contribution in [0.3, 0.4) is 0 Å². The van der Waals surface area contributed by atoms with Crippen LogP contribution in [0.2, 0.25) is 0 Å².